The number of nitrogens with zero attached hydrogens (tertiary/aromatic N) is 2. The summed E-state index contributed by atoms with van der Waals surface area (Å²) in [6.45, 7) is 2.95. The Bertz CT molecular complexity index is 1050. The first-order valence-electron chi connectivity index (χ1n) is 10.5. The Morgan fingerprint density at radius 3 is 2.68 bits per heavy atom. The van der Waals surface area contributed by atoms with Gasteiger partial charge in [0, 0.05) is 37.3 Å². The molecule has 0 amide bonds. The van der Waals surface area contributed by atoms with E-state index in [-0.39, 0.29) is 25.3 Å². The van der Waals surface area contributed by atoms with E-state index >= 15 is 0 Å². The van der Waals surface area contributed by atoms with Crippen molar-refractivity contribution in [2.75, 3.05) is 13.2 Å². The van der Waals surface area contributed by atoms with Crippen LogP contribution in [0.5, 0.6) is 0 Å². The number of carbonyl (C=O) groups excluding carboxylic acids is 2. The van der Waals surface area contributed by atoms with Gasteiger partial charge in [-0.3, -0.25) is 14.9 Å². The highest BCUT2D eigenvalue weighted by Gasteiger charge is 2.47. The highest BCUT2D eigenvalue weighted by atomic mass is 32.1. The second-order valence-electron chi connectivity index (χ2n) is 7.55. The summed E-state index contributed by atoms with van der Waals surface area (Å²) in [6, 6.07) is 5.80. The zero-order chi connectivity index (χ0) is 24.7. The number of terminal acetylenes is 1. The monoisotopic (exact) mass is 488 g/mol. The van der Waals surface area contributed by atoms with Crippen molar-refractivity contribution in [1.82, 2.24) is 4.98 Å². The Morgan fingerprint density at radius 1 is 1.38 bits per heavy atom. The number of non-ortho nitro benzene ring substituents is 1. The van der Waals surface area contributed by atoms with Crippen LogP contribution < -0.4 is 0 Å². The lowest BCUT2D eigenvalue weighted by Crippen LogP contribution is -2.45. The van der Waals surface area contributed by atoms with Crippen LogP contribution in [-0.2, 0) is 40.6 Å². The molecule has 180 valence electrons. The van der Waals surface area contributed by atoms with Gasteiger partial charge in [-0.05, 0) is 12.5 Å². The Labute approximate surface area is 200 Å². The van der Waals surface area contributed by atoms with Crippen LogP contribution in [0.3, 0.4) is 0 Å². The predicted octanol–water partition coefficient (Wildman–Crippen LogP) is 3.00. The molecule has 1 aromatic carbocycles. The summed E-state index contributed by atoms with van der Waals surface area (Å²) in [4.78, 5) is 39.4. The third-order valence-electron chi connectivity index (χ3n) is 5.28. The summed E-state index contributed by atoms with van der Waals surface area (Å²) < 4.78 is 22.4. The first-order valence-corrected chi connectivity index (χ1v) is 11.4. The van der Waals surface area contributed by atoms with E-state index in [2.05, 4.69) is 10.9 Å². The van der Waals surface area contributed by atoms with Crippen LogP contribution in [0.15, 0.2) is 35.2 Å². The SMILES string of the molecule is C#CC1CC(OC(C)=O)OC1COC(Cc1ccc([N+](=O)[O-])cc1)(C(=O)OCC)c1cscn1. The predicted molar refractivity (Wildman–Crippen MR) is 121 cm³/mol. The maximum atomic E-state index is 13.3. The lowest BCUT2D eigenvalue weighted by atomic mass is 9.90. The number of carbonyl (C=O) groups is 2. The quantitative estimate of drug-likeness (QED) is 0.215. The van der Waals surface area contributed by atoms with Gasteiger partial charge >= 0.3 is 11.9 Å². The summed E-state index contributed by atoms with van der Waals surface area (Å²) in [5, 5.41) is 12.7. The molecule has 1 fully saturated rings. The minimum absolute atomic E-state index is 0.00831. The van der Waals surface area contributed by atoms with Crippen molar-refractivity contribution in [2.24, 2.45) is 5.92 Å². The van der Waals surface area contributed by atoms with Crippen LogP contribution >= 0.6 is 11.3 Å². The number of thiazole rings is 1. The van der Waals surface area contributed by atoms with Gasteiger partial charge in [-0.2, -0.15) is 0 Å². The fourth-order valence-corrected chi connectivity index (χ4v) is 4.27. The molecule has 2 heterocycles. The number of ether oxygens (including phenoxy) is 4. The first-order chi connectivity index (χ1) is 16.3. The molecule has 11 heteroatoms. The summed E-state index contributed by atoms with van der Waals surface area (Å²) in [5.74, 6) is 1.06. The number of aromatic nitrogens is 1. The fourth-order valence-electron chi connectivity index (χ4n) is 3.65. The number of rotatable bonds is 10. The minimum atomic E-state index is -1.64. The third kappa shape index (κ3) is 5.77. The second kappa shape index (κ2) is 11.2. The molecule has 1 aliphatic heterocycles. The summed E-state index contributed by atoms with van der Waals surface area (Å²) in [7, 11) is 0. The van der Waals surface area contributed by atoms with Gasteiger partial charge in [-0.1, -0.05) is 12.1 Å². The molecule has 1 saturated heterocycles. The lowest BCUT2D eigenvalue weighted by molar-refractivity contribution is -0.384. The average Bonchev–Trinajstić information content (AvgIpc) is 3.47. The van der Waals surface area contributed by atoms with E-state index in [1.807, 2.05) is 0 Å². The van der Waals surface area contributed by atoms with Crippen molar-refractivity contribution in [1.29, 1.82) is 0 Å². The molecule has 0 spiro atoms. The van der Waals surface area contributed by atoms with Crippen molar-refractivity contribution in [2.45, 2.75) is 44.7 Å². The Hall–Kier alpha value is -3.33. The molecule has 34 heavy (non-hydrogen) atoms. The summed E-state index contributed by atoms with van der Waals surface area (Å²) >= 11 is 1.28. The molecule has 3 rings (SSSR count). The molecule has 0 N–H and O–H groups in total. The smallest absolute Gasteiger partial charge is 0.345 e. The zero-order valence-electron chi connectivity index (χ0n) is 18.7. The fraction of sp³-hybridized carbons (Fsp3) is 0.435. The van der Waals surface area contributed by atoms with E-state index in [0.717, 1.165) is 0 Å². The van der Waals surface area contributed by atoms with Gasteiger partial charge in [0.1, 0.15) is 0 Å². The van der Waals surface area contributed by atoms with E-state index in [9.17, 15) is 19.7 Å². The molecule has 10 nitrogen and oxygen atoms in total. The number of nitro benzene ring substituents is 1. The Morgan fingerprint density at radius 2 is 2.12 bits per heavy atom. The Balaban J connectivity index is 1.91. The van der Waals surface area contributed by atoms with Gasteiger partial charge < -0.3 is 18.9 Å². The van der Waals surface area contributed by atoms with E-state index in [1.165, 1.54) is 30.4 Å². The van der Waals surface area contributed by atoms with E-state index in [1.54, 1.807) is 29.9 Å². The topological polar surface area (TPSA) is 127 Å². The second-order valence-corrected chi connectivity index (χ2v) is 8.27. The molecule has 4 unspecified atom stereocenters. The van der Waals surface area contributed by atoms with Crippen molar-refractivity contribution in [3.63, 3.8) is 0 Å². The normalized spacial score (nSPS) is 21.3. The van der Waals surface area contributed by atoms with Gasteiger partial charge in [-0.15, -0.1) is 23.7 Å². The maximum Gasteiger partial charge on any atom is 0.345 e. The molecule has 2 aromatic rings. The average molecular weight is 489 g/mol. The van der Waals surface area contributed by atoms with Crippen LogP contribution in [-0.4, -0.2) is 47.5 Å². The maximum absolute atomic E-state index is 13.3. The van der Waals surface area contributed by atoms with Gasteiger partial charge in [-0.25, -0.2) is 9.78 Å². The van der Waals surface area contributed by atoms with Gasteiger partial charge in [0.15, 0.2) is 0 Å². The summed E-state index contributed by atoms with van der Waals surface area (Å²) in [6.07, 6.45) is 4.50. The molecule has 1 aromatic heterocycles. The van der Waals surface area contributed by atoms with Crippen LogP contribution in [0.4, 0.5) is 5.69 Å². The van der Waals surface area contributed by atoms with Crippen LogP contribution in [0, 0.1) is 28.4 Å². The molecule has 1 aliphatic rings. The molecule has 4 atom stereocenters. The van der Waals surface area contributed by atoms with Crippen molar-refractivity contribution in [3.05, 3.63) is 56.5 Å². The number of hydrogen-bond acceptors (Lipinski definition) is 10. The summed E-state index contributed by atoms with van der Waals surface area (Å²) in [5.41, 5.74) is 0.781. The van der Waals surface area contributed by atoms with Crippen molar-refractivity contribution < 1.29 is 33.5 Å². The van der Waals surface area contributed by atoms with Crippen LogP contribution in [0.2, 0.25) is 0 Å². The highest BCUT2D eigenvalue weighted by molar-refractivity contribution is 7.07. The van der Waals surface area contributed by atoms with Gasteiger partial charge in [0.05, 0.1) is 41.4 Å². The highest BCUT2D eigenvalue weighted by Crippen LogP contribution is 2.35. The number of hydrogen-bond donors (Lipinski definition) is 0. The van der Waals surface area contributed by atoms with Gasteiger partial charge in [0.2, 0.25) is 11.9 Å². The molecule has 0 saturated carbocycles. The van der Waals surface area contributed by atoms with E-state index in [4.69, 9.17) is 25.4 Å². The largest absolute Gasteiger partial charge is 0.464 e. The molecular weight excluding hydrogens is 464 g/mol. The van der Waals surface area contributed by atoms with E-state index < -0.39 is 40.8 Å². The lowest BCUT2D eigenvalue weighted by Gasteiger charge is -2.31. The number of esters is 2. The standard InChI is InChI=1S/C23H24N2O8S/c1-4-17-10-21(32-15(3)26)33-19(17)12-31-23(22(27)30-5-2,20-13-34-14-24-20)11-16-6-8-18(9-7-16)25(28)29/h1,6-9,13-14,17,19,21H,5,10-12H2,2-3H3. The van der Waals surface area contributed by atoms with Crippen LogP contribution in [0.1, 0.15) is 31.5 Å². The Kier molecular flexibility index (Phi) is 8.33. The molecule has 0 radical (unpaired) electrons. The third-order valence-corrected chi connectivity index (χ3v) is 5.87. The number of benzene rings is 1. The van der Waals surface area contributed by atoms with Crippen molar-refractivity contribution in [3.8, 4) is 12.3 Å². The first kappa shape index (κ1) is 25.3. The van der Waals surface area contributed by atoms with E-state index in [0.29, 0.717) is 17.7 Å². The molecular formula is C23H24N2O8S. The molecule has 0 bridgehead atoms. The molecule has 0 aliphatic carbocycles. The van der Waals surface area contributed by atoms with Crippen LogP contribution in [0.25, 0.3) is 0 Å². The minimum Gasteiger partial charge on any atom is -0.464 e. The number of nitro groups is 1. The zero-order valence-corrected chi connectivity index (χ0v) is 19.5. The van der Waals surface area contributed by atoms with Gasteiger partial charge in [0.25, 0.3) is 5.69 Å². The van der Waals surface area contributed by atoms with Crippen molar-refractivity contribution >= 4 is 29.0 Å².